The maximum Gasteiger partial charge on any atom is 0.341 e. The molecular weight excluding hydrogens is 473 g/mol. The molecule has 0 unspecified atom stereocenters. The minimum Gasteiger partial charge on any atom is -0.492 e. The van der Waals surface area contributed by atoms with Crippen LogP contribution in [0.2, 0.25) is 0 Å². The van der Waals surface area contributed by atoms with Crippen LogP contribution in [0.4, 0.5) is 10.1 Å². The summed E-state index contributed by atoms with van der Waals surface area (Å²) in [5.41, 5.74) is 0.935. The number of carbonyl (C=O) groups is 1. The van der Waals surface area contributed by atoms with E-state index in [0.717, 1.165) is 50.8 Å². The topological polar surface area (TPSA) is 99.2 Å². The monoisotopic (exact) mass is 503 g/mol. The van der Waals surface area contributed by atoms with Gasteiger partial charge in [0.2, 0.25) is 0 Å². The number of benzene rings is 2. The summed E-state index contributed by atoms with van der Waals surface area (Å²) >= 11 is 0. The number of ether oxygens (including phenoxy) is 1. The number of nitrogens with zero attached hydrogens (tertiary/aromatic N) is 2. The Labute approximate surface area is 204 Å². The van der Waals surface area contributed by atoms with Crippen molar-refractivity contribution in [2.45, 2.75) is 30.6 Å². The Morgan fingerprint density at radius 3 is 2.63 bits per heavy atom. The number of fused-ring (bicyclic) bond motifs is 3. The quantitative estimate of drug-likeness (QED) is 0.571. The third-order valence-corrected chi connectivity index (χ3v) is 8.80. The number of halogens is 1. The fourth-order valence-electron chi connectivity index (χ4n) is 5.16. The standard InChI is InChI=1S/C25H30FN3O5S/c1-2-28-9-11-29(12-10-28)8-7-16-13-18(26)3-6-22(16)35(32,33)27-21-5-4-19-20-14-17(20)15-34-24(19)23(21)25(30)31/h3-6,13,17,20,27H,2,7-12,14-15H2,1H3,(H,30,31)/t17-,20-/m0/s1. The summed E-state index contributed by atoms with van der Waals surface area (Å²) in [6, 6.07) is 6.83. The van der Waals surface area contributed by atoms with Crippen LogP contribution in [0.1, 0.15) is 40.7 Å². The maximum atomic E-state index is 14.1. The number of hydrogen-bond donors (Lipinski definition) is 2. The Morgan fingerprint density at radius 1 is 1.17 bits per heavy atom. The van der Waals surface area contributed by atoms with Gasteiger partial charge < -0.3 is 19.6 Å². The van der Waals surface area contributed by atoms with Crippen molar-refractivity contribution >= 4 is 21.7 Å². The normalized spacial score (nSPS) is 22.1. The van der Waals surface area contributed by atoms with Gasteiger partial charge in [-0.15, -0.1) is 0 Å². The van der Waals surface area contributed by atoms with Crippen molar-refractivity contribution in [2.24, 2.45) is 5.92 Å². The third kappa shape index (κ3) is 4.87. The lowest BCUT2D eigenvalue weighted by Gasteiger charge is -2.34. The second-order valence-corrected chi connectivity index (χ2v) is 11.2. The van der Waals surface area contributed by atoms with E-state index in [4.69, 9.17) is 4.74 Å². The zero-order valence-corrected chi connectivity index (χ0v) is 20.5. The molecule has 2 aromatic rings. The average molecular weight is 504 g/mol. The van der Waals surface area contributed by atoms with Gasteiger partial charge in [-0.3, -0.25) is 4.72 Å². The van der Waals surface area contributed by atoms with Crippen LogP contribution in [0.3, 0.4) is 0 Å². The van der Waals surface area contributed by atoms with E-state index in [9.17, 15) is 22.7 Å². The van der Waals surface area contributed by atoms with Crippen LogP contribution in [-0.4, -0.2) is 75.2 Å². The fraction of sp³-hybridized carbons (Fsp3) is 0.480. The highest BCUT2D eigenvalue weighted by Crippen LogP contribution is 2.55. The summed E-state index contributed by atoms with van der Waals surface area (Å²) in [7, 11) is -4.17. The van der Waals surface area contributed by atoms with Gasteiger partial charge in [-0.1, -0.05) is 13.0 Å². The highest BCUT2D eigenvalue weighted by molar-refractivity contribution is 7.92. The van der Waals surface area contributed by atoms with E-state index < -0.39 is 21.8 Å². The smallest absolute Gasteiger partial charge is 0.341 e. The van der Waals surface area contributed by atoms with Gasteiger partial charge >= 0.3 is 5.97 Å². The van der Waals surface area contributed by atoms with E-state index in [1.807, 2.05) is 0 Å². The van der Waals surface area contributed by atoms with Crippen LogP contribution in [0, 0.1) is 11.7 Å². The molecule has 0 spiro atoms. The number of rotatable bonds is 8. The van der Waals surface area contributed by atoms with E-state index in [1.165, 1.54) is 18.2 Å². The third-order valence-electron chi connectivity index (χ3n) is 7.33. The molecule has 8 nitrogen and oxygen atoms in total. The number of anilines is 1. The molecule has 5 rings (SSSR count). The van der Waals surface area contributed by atoms with Gasteiger partial charge in [-0.2, -0.15) is 0 Å². The molecule has 3 aliphatic rings. The number of carboxylic acids is 1. The van der Waals surface area contributed by atoms with Gasteiger partial charge in [-0.05, 0) is 60.7 Å². The van der Waals surface area contributed by atoms with E-state index >= 15 is 0 Å². The van der Waals surface area contributed by atoms with Crippen molar-refractivity contribution < 1.29 is 27.4 Å². The predicted octanol–water partition coefficient (Wildman–Crippen LogP) is 3.00. The van der Waals surface area contributed by atoms with Crippen LogP contribution < -0.4 is 9.46 Å². The molecule has 1 saturated carbocycles. The SMILES string of the molecule is CCN1CCN(CCc2cc(F)ccc2S(=O)(=O)Nc2ccc3c(c2C(=O)O)OC[C@@H]2C[C@H]32)CC1. The Balaban J connectivity index is 1.39. The Kier molecular flexibility index (Phi) is 6.45. The first-order valence-corrected chi connectivity index (χ1v) is 13.5. The van der Waals surface area contributed by atoms with Crippen molar-refractivity contribution in [1.29, 1.82) is 0 Å². The summed E-state index contributed by atoms with van der Waals surface area (Å²) in [5, 5.41) is 9.87. The lowest BCUT2D eigenvalue weighted by molar-refractivity contribution is 0.0692. The van der Waals surface area contributed by atoms with Gasteiger partial charge in [-0.25, -0.2) is 17.6 Å². The predicted molar refractivity (Wildman–Crippen MR) is 129 cm³/mol. The van der Waals surface area contributed by atoms with Crippen molar-refractivity contribution in [3.8, 4) is 5.75 Å². The van der Waals surface area contributed by atoms with Crippen LogP contribution >= 0.6 is 0 Å². The minimum absolute atomic E-state index is 0.0525. The number of carboxylic acid groups (broad SMARTS) is 1. The number of sulfonamides is 1. The van der Waals surface area contributed by atoms with E-state index in [1.54, 1.807) is 6.07 Å². The van der Waals surface area contributed by atoms with Crippen LogP contribution in [0.15, 0.2) is 35.2 Å². The van der Waals surface area contributed by atoms with Crippen LogP contribution in [-0.2, 0) is 16.4 Å². The molecule has 2 heterocycles. The van der Waals surface area contributed by atoms with Crippen LogP contribution in [0.5, 0.6) is 5.75 Å². The molecule has 0 amide bonds. The first-order chi connectivity index (χ1) is 16.8. The molecule has 35 heavy (non-hydrogen) atoms. The van der Waals surface area contributed by atoms with Gasteiger partial charge in [0.15, 0.2) is 0 Å². The molecule has 2 aromatic carbocycles. The lowest BCUT2D eigenvalue weighted by Crippen LogP contribution is -2.46. The van der Waals surface area contributed by atoms with Crippen molar-refractivity contribution in [2.75, 3.05) is 50.6 Å². The van der Waals surface area contributed by atoms with Gasteiger partial charge in [0.05, 0.1) is 17.2 Å². The maximum absolute atomic E-state index is 14.1. The molecule has 1 saturated heterocycles. The number of nitrogens with one attached hydrogen (secondary N) is 1. The molecule has 0 bridgehead atoms. The van der Waals surface area contributed by atoms with Gasteiger partial charge in [0, 0.05) is 38.6 Å². The summed E-state index contributed by atoms with van der Waals surface area (Å²) in [4.78, 5) is 16.6. The second-order valence-electron chi connectivity index (χ2n) is 9.51. The number of hydrogen-bond acceptors (Lipinski definition) is 6. The first kappa shape index (κ1) is 24.0. The Morgan fingerprint density at radius 2 is 1.91 bits per heavy atom. The zero-order chi connectivity index (χ0) is 24.7. The Hall–Kier alpha value is -2.69. The van der Waals surface area contributed by atoms with Crippen molar-refractivity contribution in [1.82, 2.24) is 9.80 Å². The molecule has 188 valence electrons. The summed E-state index contributed by atoms with van der Waals surface area (Å²) in [6.45, 7) is 7.82. The number of piperazine rings is 1. The lowest BCUT2D eigenvalue weighted by atomic mass is 10.0. The summed E-state index contributed by atoms with van der Waals surface area (Å²) in [6.07, 6.45) is 1.31. The first-order valence-electron chi connectivity index (χ1n) is 12.1. The molecule has 0 aromatic heterocycles. The number of aromatic carboxylic acids is 1. The molecule has 2 fully saturated rings. The minimum atomic E-state index is -4.17. The van der Waals surface area contributed by atoms with E-state index in [2.05, 4.69) is 21.4 Å². The molecular formula is C25H30FN3O5S. The summed E-state index contributed by atoms with van der Waals surface area (Å²) in [5.74, 6) is -0.864. The van der Waals surface area contributed by atoms with Gasteiger partial charge in [0.25, 0.3) is 10.0 Å². The zero-order valence-electron chi connectivity index (χ0n) is 19.7. The molecule has 10 heteroatoms. The molecule has 1 aliphatic carbocycles. The molecule has 2 atom stereocenters. The van der Waals surface area contributed by atoms with E-state index in [0.29, 0.717) is 31.1 Å². The highest BCUT2D eigenvalue weighted by Gasteiger charge is 2.45. The fourth-order valence-corrected chi connectivity index (χ4v) is 6.48. The highest BCUT2D eigenvalue weighted by atomic mass is 32.2. The van der Waals surface area contributed by atoms with Crippen molar-refractivity contribution in [3.63, 3.8) is 0 Å². The summed E-state index contributed by atoms with van der Waals surface area (Å²) < 4.78 is 49.0. The van der Waals surface area contributed by atoms with Crippen LogP contribution in [0.25, 0.3) is 0 Å². The largest absolute Gasteiger partial charge is 0.492 e. The number of likely N-dealkylation sites (N-methyl/N-ethyl adjacent to an activating group) is 1. The van der Waals surface area contributed by atoms with Crippen molar-refractivity contribution in [3.05, 3.63) is 52.8 Å². The van der Waals surface area contributed by atoms with E-state index in [-0.39, 0.29) is 27.8 Å². The molecule has 2 aliphatic heterocycles. The average Bonchev–Trinajstić information content (AvgIpc) is 3.62. The Bertz CT molecular complexity index is 1240. The second kappa shape index (κ2) is 9.40. The molecule has 0 radical (unpaired) electrons. The van der Waals surface area contributed by atoms with Gasteiger partial charge in [0.1, 0.15) is 17.1 Å². The molecule has 2 N–H and O–H groups in total.